The average Bonchev–Trinajstić information content (AvgIpc) is 2.19. The minimum atomic E-state index is -1.000. The molecule has 14 heavy (non-hydrogen) atoms. The molecule has 1 aliphatic heterocycles. The van der Waals surface area contributed by atoms with Crippen LogP contribution in [0.5, 0.6) is 0 Å². The molecule has 0 bridgehead atoms. The number of hydrogen-bond acceptors (Lipinski definition) is 2. The van der Waals surface area contributed by atoms with Crippen molar-refractivity contribution in [2.75, 3.05) is 13.2 Å². The zero-order valence-corrected chi connectivity index (χ0v) is 7.87. The van der Waals surface area contributed by atoms with Crippen LogP contribution in [0.1, 0.15) is 18.4 Å². The van der Waals surface area contributed by atoms with Crippen LogP contribution in [0.15, 0.2) is 24.3 Å². The molecule has 0 radical (unpaired) electrons. The molecule has 76 valence electrons. The maximum Gasteiger partial charge on any atom is 0.123 e. The molecule has 2 nitrogen and oxygen atoms in total. The smallest absolute Gasteiger partial charge is 0.123 e. The van der Waals surface area contributed by atoms with E-state index in [1.54, 1.807) is 12.1 Å². The summed E-state index contributed by atoms with van der Waals surface area (Å²) in [7, 11) is 0. The van der Waals surface area contributed by atoms with Crippen LogP contribution in [0.4, 0.5) is 4.39 Å². The lowest BCUT2D eigenvalue weighted by molar-refractivity contribution is -0.0904. The van der Waals surface area contributed by atoms with Crippen molar-refractivity contribution >= 4 is 0 Å². The number of hydrogen-bond donors (Lipinski definition) is 1. The first-order valence-electron chi connectivity index (χ1n) is 4.77. The molecule has 1 saturated heterocycles. The van der Waals surface area contributed by atoms with Gasteiger partial charge < -0.3 is 9.84 Å². The van der Waals surface area contributed by atoms with Crippen LogP contribution in [-0.4, -0.2) is 18.3 Å². The third-order valence-corrected chi connectivity index (χ3v) is 2.58. The van der Waals surface area contributed by atoms with Crippen LogP contribution in [0.3, 0.4) is 0 Å². The molecule has 1 aromatic rings. The summed E-state index contributed by atoms with van der Waals surface area (Å²) in [5.41, 5.74) is -0.391. The average molecular weight is 196 g/mol. The number of halogens is 1. The van der Waals surface area contributed by atoms with E-state index in [1.165, 1.54) is 12.1 Å². The minimum absolute atomic E-state index is 0.260. The molecule has 0 saturated carbocycles. The second-order valence-electron chi connectivity index (χ2n) is 3.70. The lowest BCUT2D eigenvalue weighted by Gasteiger charge is -2.32. The van der Waals surface area contributed by atoms with E-state index in [0.717, 1.165) is 6.42 Å². The van der Waals surface area contributed by atoms with Crippen molar-refractivity contribution in [3.8, 4) is 0 Å². The van der Waals surface area contributed by atoms with E-state index >= 15 is 0 Å². The van der Waals surface area contributed by atoms with Gasteiger partial charge in [0.05, 0.1) is 6.61 Å². The second-order valence-corrected chi connectivity index (χ2v) is 3.70. The minimum Gasteiger partial charge on any atom is -0.383 e. The molecule has 0 spiro atoms. The molecule has 3 heteroatoms. The lowest BCUT2D eigenvalue weighted by Crippen LogP contribution is -2.35. The Hall–Kier alpha value is -0.930. The summed E-state index contributed by atoms with van der Waals surface area (Å²) < 4.78 is 18.1. The van der Waals surface area contributed by atoms with Gasteiger partial charge in [-0.25, -0.2) is 4.39 Å². The van der Waals surface area contributed by atoms with Crippen molar-refractivity contribution in [2.45, 2.75) is 18.4 Å². The highest BCUT2D eigenvalue weighted by atomic mass is 19.1. The maximum absolute atomic E-state index is 12.9. The highest BCUT2D eigenvalue weighted by Crippen LogP contribution is 2.30. The zero-order valence-electron chi connectivity index (χ0n) is 7.87. The van der Waals surface area contributed by atoms with Gasteiger partial charge in [-0.05, 0) is 30.5 Å². The van der Waals surface area contributed by atoms with E-state index in [9.17, 15) is 9.50 Å². The Morgan fingerprint density at radius 3 is 2.93 bits per heavy atom. The Morgan fingerprint density at radius 1 is 1.43 bits per heavy atom. The number of aliphatic hydroxyl groups is 1. The molecular formula is C11H13FO2. The van der Waals surface area contributed by atoms with Gasteiger partial charge in [0.15, 0.2) is 0 Å². The van der Waals surface area contributed by atoms with E-state index < -0.39 is 5.60 Å². The first-order valence-corrected chi connectivity index (χ1v) is 4.77. The quantitative estimate of drug-likeness (QED) is 0.742. The number of ether oxygens (including phenoxy) is 1. The van der Waals surface area contributed by atoms with Gasteiger partial charge in [0.1, 0.15) is 11.4 Å². The highest BCUT2D eigenvalue weighted by molar-refractivity contribution is 5.23. The molecule has 1 aliphatic rings. The Morgan fingerprint density at radius 2 is 2.29 bits per heavy atom. The van der Waals surface area contributed by atoms with Gasteiger partial charge in [0.2, 0.25) is 0 Å². The number of rotatable bonds is 1. The Balaban J connectivity index is 2.28. The van der Waals surface area contributed by atoms with Crippen LogP contribution in [0.25, 0.3) is 0 Å². The van der Waals surface area contributed by atoms with E-state index in [0.29, 0.717) is 18.6 Å². The summed E-state index contributed by atoms with van der Waals surface area (Å²) in [5.74, 6) is -0.318. The normalized spacial score (nSPS) is 27.6. The molecule has 0 aromatic heterocycles. The fourth-order valence-corrected chi connectivity index (χ4v) is 1.79. The van der Waals surface area contributed by atoms with Gasteiger partial charge >= 0.3 is 0 Å². The largest absolute Gasteiger partial charge is 0.383 e. The third kappa shape index (κ3) is 1.79. The molecule has 0 amide bonds. The van der Waals surface area contributed by atoms with Crippen LogP contribution in [0.2, 0.25) is 0 Å². The van der Waals surface area contributed by atoms with Crippen LogP contribution >= 0.6 is 0 Å². The first kappa shape index (κ1) is 9.62. The fraction of sp³-hybridized carbons (Fsp3) is 0.455. The molecule has 2 rings (SSSR count). The van der Waals surface area contributed by atoms with Crippen molar-refractivity contribution in [2.24, 2.45) is 0 Å². The third-order valence-electron chi connectivity index (χ3n) is 2.58. The van der Waals surface area contributed by atoms with Crippen LogP contribution in [0, 0.1) is 5.82 Å². The Bertz CT molecular complexity index is 319. The van der Waals surface area contributed by atoms with Crippen LogP contribution < -0.4 is 0 Å². The van der Waals surface area contributed by atoms with Gasteiger partial charge in [-0.15, -0.1) is 0 Å². The summed E-state index contributed by atoms with van der Waals surface area (Å²) in [6.07, 6.45) is 1.45. The molecule has 0 aliphatic carbocycles. The fourth-order valence-electron chi connectivity index (χ4n) is 1.79. The van der Waals surface area contributed by atoms with Crippen LogP contribution in [-0.2, 0) is 10.3 Å². The molecule has 1 atom stereocenters. The number of benzene rings is 1. The molecular weight excluding hydrogens is 183 g/mol. The SMILES string of the molecule is OC1(c2cccc(F)c2)CCCOC1. The van der Waals surface area contributed by atoms with Crippen molar-refractivity contribution in [3.63, 3.8) is 0 Å². The van der Waals surface area contributed by atoms with Gasteiger partial charge in [0.25, 0.3) is 0 Å². The predicted molar refractivity (Wildman–Crippen MR) is 50.3 cm³/mol. The van der Waals surface area contributed by atoms with Crippen molar-refractivity contribution < 1.29 is 14.2 Å². The highest BCUT2D eigenvalue weighted by Gasteiger charge is 2.32. The zero-order chi connectivity index (χ0) is 10.0. The molecule has 1 fully saturated rings. The summed E-state index contributed by atoms with van der Waals surface area (Å²) in [4.78, 5) is 0. The van der Waals surface area contributed by atoms with E-state index in [4.69, 9.17) is 4.74 Å². The van der Waals surface area contributed by atoms with E-state index in [-0.39, 0.29) is 12.4 Å². The van der Waals surface area contributed by atoms with E-state index in [1.807, 2.05) is 0 Å². The maximum atomic E-state index is 12.9. The Kier molecular flexibility index (Phi) is 2.52. The van der Waals surface area contributed by atoms with Gasteiger partial charge in [-0.1, -0.05) is 12.1 Å². The molecule has 1 N–H and O–H groups in total. The standard InChI is InChI=1S/C11H13FO2/c12-10-4-1-3-9(7-10)11(13)5-2-6-14-8-11/h1,3-4,7,13H,2,5-6,8H2. The lowest BCUT2D eigenvalue weighted by atomic mass is 9.88. The van der Waals surface area contributed by atoms with Crippen molar-refractivity contribution in [1.82, 2.24) is 0 Å². The summed E-state index contributed by atoms with van der Waals surface area (Å²) in [6, 6.07) is 6.08. The summed E-state index contributed by atoms with van der Waals surface area (Å²) in [5, 5.41) is 10.2. The topological polar surface area (TPSA) is 29.5 Å². The molecule has 1 heterocycles. The predicted octanol–water partition coefficient (Wildman–Crippen LogP) is 1.82. The van der Waals surface area contributed by atoms with E-state index in [2.05, 4.69) is 0 Å². The van der Waals surface area contributed by atoms with Gasteiger partial charge in [-0.2, -0.15) is 0 Å². The van der Waals surface area contributed by atoms with Gasteiger partial charge in [-0.3, -0.25) is 0 Å². The van der Waals surface area contributed by atoms with Crippen molar-refractivity contribution in [1.29, 1.82) is 0 Å². The van der Waals surface area contributed by atoms with Gasteiger partial charge in [0, 0.05) is 6.61 Å². The molecule has 1 unspecified atom stereocenters. The molecule has 1 aromatic carbocycles. The summed E-state index contributed by atoms with van der Waals surface area (Å²) in [6.45, 7) is 0.939. The van der Waals surface area contributed by atoms with Crippen molar-refractivity contribution in [3.05, 3.63) is 35.6 Å². The Labute approximate surface area is 82.3 Å². The monoisotopic (exact) mass is 196 g/mol. The summed E-state index contributed by atoms with van der Waals surface area (Å²) >= 11 is 0. The second kappa shape index (κ2) is 3.67. The first-order chi connectivity index (χ1) is 6.71.